The van der Waals surface area contributed by atoms with Crippen molar-refractivity contribution in [1.29, 1.82) is 0 Å². The number of ketones is 4. The van der Waals surface area contributed by atoms with Gasteiger partial charge in [-0.15, -0.1) is 0 Å². The van der Waals surface area contributed by atoms with E-state index in [2.05, 4.69) is 0 Å². The minimum absolute atomic E-state index is 0.173. The molecule has 0 bridgehead atoms. The summed E-state index contributed by atoms with van der Waals surface area (Å²) in [4.78, 5) is 49.7. The van der Waals surface area contributed by atoms with Gasteiger partial charge in [0.1, 0.15) is 11.6 Å². The molecule has 2 aromatic rings. The number of hydrogen-bond acceptors (Lipinski definition) is 4. The quantitative estimate of drug-likeness (QED) is 0.465. The van der Waals surface area contributed by atoms with Gasteiger partial charge in [-0.3, -0.25) is 19.2 Å². The van der Waals surface area contributed by atoms with Crippen LogP contribution in [0.4, 0.5) is 0 Å². The van der Waals surface area contributed by atoms with E-state index >= 15 is 0 Å². The van der Waals surface area contributed by atoms with Crippen LogP contribution in [0.15, 0.2) is 48.5 Å². The molecule has 27 heavy (non-hydrogen) atoms. The highest BCUT2D eigenvalue weighted by atomic mass is 35.5. The van der Waals surface area contributed by atoms with E-state index in [1.54, 1.807) is 24.3 Å². The standard InChI is InChI=1S/C21H18Cl2O4/c1-12(24)18(20(26)14-3-7-16(22)8-4-14)11-19(13(2)25)21(27)15-5-9-17(23)10-6-15/h3-10,18-19H,11H2,1-2H3. The molecule has 0 radical (unpaired) electrons. The van der Waals surface area contributed by atoms with Gasteiger partial charge in [-0.2, -0.15) is 0 Å². The number of carbonyl (C=O) groups excluding carboxylic acids is 4. The van der Waals surface area contributed by atoms with E-state index < -0.39 is 35.0 Å². The highest BCUT2D eigenvalue weighted by molar-refractivity contribution is 6.31. The number of rotatable bonds is 8. The second-order valence-corrected chi connectivity index (χ2v) is 7.18. The van der Waals surface area contributed by atoms with Gasteiger partial charge >= 0.3 is 0 Å². The van der Waals surface area contributed by atoms with Gasteiger partial charge in [0.25, 0.3) is 0 Å². The Morgan fingerprint density at radius 3 is 1.22 bits per heavy atom. The van der Waals surface area contributed by atoms with Gasteiger partial charge < -0.3 is 0 Å². The lowest BCUT2D eigenvalue weighted by molar-refractivity contribution is -0.121. The van der Waals surface area contributed by atoms with E-state index in [9.17, 15) is 19.2 Å². The molecule has 0 aromatic heterocycles. The maximum Gasteiger partial charge on any atom is 0.173 e. The monoisotopic (exact) mass is 404 g/mol. The zero-order chi connectivity index (χ0) is 20.1. The molecule has 0 N–H and O–H groups in total. The molecule has 6 heteroatoms. The first-order valence-electron chi connectivity index (χ1n) is 8.31. The van der Waals surface area contributed by atoms with Crippen LogP contribution in [0.25, 0.3) is 0 Å². The van der Waals surface area contributed by atoms with Crippen molar-refractivity contribution < 1.29 is 19.2 Å². The summed E-state index contributed by atoms with van der Waals surface area (Å²) < 4.78 is 0. The maximum absolute atomic E-state index is 12.8. The second kappa shape index (κ2) is 9.07. The van der Waals surface area contributed by atoms with E-state index in [1.807, 2.05) is 0 Å². The first-order valence-corrected chi connectivity index (χ1v) is 9.06. The topological polar surface area (TPSA) is 68.3 Å². The Kier molecular flexibility index (Phi) is 7.05. The first-order chi connectivity index (χ1) is 12.7. The number of hydrogen-bond donors (Lipinski definition) is 0. The average Bonchev–Trinajstić information content (AvgIpc) is 2.62. The molecule has 4 nitrogen and oxygen atoms in total. The van der Waals surface area contributed by atoms with Crippen molar-refractivity contribution in [2.75, 3.05) is 0 Å². The van der Waals surface area contributed by atoms with Crippen LogP contribution in [-0.4, -0.2) is 23.1 Å². The van der Waals surface area contributed by atoms with Gasteiger partial charge in [-0.25, -0.2) is 0 Å². The summed E-state index contributed by atoms with van der Waals surface area (Å²) in [6.07, 6.45) is -0.173. The van der Waals surface area contributed by atoms with Crippen molar-refractivity contribution in [3.05, 3.63) is 69.7 Å². The fraction of sp³-hybridized carbons (Fsp3) is 0.238. The molecular formula is C21H18Cl2O4. The molecule has 0 aliphatic carbocycles. The summed E-state index contributed by atoms with van der Waals surface area (Å²) in [5.41, 5.74) is 0.613. The normalized spacial score (nSPS) is 12.9. The van der Waals surface area contributed by atoms with E-state index in [-0.39, 0.29) is 6.42 Å². The highest BCUT2D eigenvalue weighted by Gasteiger charge is 2.33. The van der Waals surface area contributed by atoms with Gasteiger partial charge in [0, 0.05) is 21.2 Å². The van der Waals surface area contributed by atoms with E-state index in [0.29, 0.717) is 21.2 Å². The molecule has 2 unspecified atom stereocenters. The summed E-state index contributed by atoms with van der Waals surface area (Å²) in [6, 6.07) is 12.3. The minimum Gasteiger partial charge on any atom is -0.299 e. The van der Waals surface area contributed by atoms with Gasteiger partial charge in [0.15, 0.2) is 11.6 Å². The predicted molar refractivity (Wildman–Crippen MR) is 105 cm³/mol. The molecule has 140 valence electrons. The van der Waals surface area contributed by atoms with Gasteiger partial charge in [0.05, 0.1) is 11.8 Å². The third-order valence-electron chi connectivity index (χ3n) is 4.34. The van der Waals surface area contributed by atoms with Gasteiger partial charge in [-0.1, -0.05) is 23.2 Å². The Morgan fingerprint density at radius 1 is 0.667 bits per heavy atom. The summed E-state index contributed by atoms with van der Waals surface area (Å²) >= 11 is 11.7. The van der Waals surface area contributed by atoms with E-state index in [4.69, 9.17) is 23.2 Å². The molecule has 2 atom stereocenters. The fourth-order valence-electron chi connectivity index (χ4n) is 2.78. The molecule has 0 saturated carbocycles. The smallest absolute Gasteiger partial charge is 0.173 e. The molecule has 2 rings (SSSR count). The second-order valence-electron chi connectivity index (χ2n) is 6.30. The fourth-order valence-corrected chi connectivity index (χ4v) is 3.03. The van der Waals surface area contributed by atoms with Crippen LogP contribution in [-0.2, 0) is 9.59 Å². The van der Waals surface area contributed by atoms with Crippen molar-refractivity contribution in [2.24, 2.45) is 11.8 Å². The molecule has 0 fully saturated rings. The third-order valence-corrected chi connectivity index (χ3v) is 4.85. The number of halogens is 2. The Bertz CT molecular complexity index is 797. The molecular weight excluding hydrogens is 387 g/mol. The summed E-state index contributed by atoms with van der Waals surface area (Å²) in [7, 11) is 0. The van der Waals surface area contributed by atoms with Crippen LogP contribution in [0.1, 0.15) is 41.0 Å². The van der Waals surface area contributed by atoms with Gasteiger partial charge in [0.2, 0.25) is 0 Å². The zero-order valence-corrected chi connectivity index (χ0v) is 16.4. The summed E-state index contributed by atoms with van der Waals surface area (Å²) in [5.74, 6) is -3.84. The van der Waals surface area contributed by atoms with Crippen LogP contribution in [0, 0.1) is 11.8 Å². The summed E-state index contributed by atoms with van der Waals surface area (Å²) in [6.45, 7) is 2.56. The Balaban J connectivity index is 2.30. The van der Waals surface area contributed by atoms with Crippen LogP contribution in [0.2, 0.25) is 10.0 Å². The molecule has 0 spiro atoms. The number of carbonyl (C=O) groups is 4. The molecule has 0 heterocycles. The number of Topliss-reactive ketones (excluding diaryl/α,β-unsaturated/α-hetero) is 4. The van der Waals surface area contributed by atoms with Gasteiger partial charge in [-0.05, 0) is 68.8 Å². The molecule has 0 saturated heterocycles. The maximum atomic E-state index is 12.8. The largest absolute Gasteiger partial charge is 0.299 e. The SMILES string of the molecule is CC(=O)C(CC(C(C)=O)C(=O)c1ccc(Cl)cc1)C(=O)c1ccc(Cl)cc1. The number of benzene rings is 2. The Labute approximate surface area is 167 Å². The lowest BCUT2D eigenvalue weighted by Gasteiger charge is -2.19. The van der Waals surface area contributed by atoms with Crippen molar-refractivity contribution in [3.8, 4) is 0 Å². The predicted octanol–water partition coefficient (Wildman–Crippen LogP) is 4.86. The van der Waals surface area contributed by atoms with Crippen molar-refractivity contribution >= 4 is 46.3 Å². The molecule has 2 aromatic carbocycles. The Morgan fingerprint density at radius 2 is 0.963 bits per heavy atom. The first kappa shape index (κ1) is 21.0. The molecule has 0 aliphatic heterocycles. The third kappa shape index (κ3) is 5.34. The van der Waals surface area contributed by atoms with E-state index in [1.165, 1.54) is 38.1 Å². The molecule has 0 aliphatic rings. The van der Waals surface area contributed by atoms with Crippen molar-refractivity contribution in [3.63, 3.8) is 0 Å². The lowest BCUT2D eigenvalue weighted by atomic mass is 9.81. The van der Waals surface area contributed by atoms with Crippen LogP contribution in [0.5, 0.6) is 0 Å². The minimum atomic E-state index is -1.09. The molecule has 0 amide bonds. The Hall–Kier alpha value is -2.30. The van der Waals surface area contributed by atoms with Crippen LogP contribution < -0.4 is 0 Å². The van der Waals surface area contributed by atoms with E-state index in [0.717, 1.165) is 0 Å². The van der Waals surface area contributed by atoms with Crippen molar-refractivity contribution in [2.45, 2.75) is 20.3 Å². The highest BCUT2D eigenvalue weighted by Crippen LogP contribution is 2.24. The van der Waals surface area contributed by atoms with Crippen LogP contribution in [0.3, 0.4) is 0 Å². The average molecular weight is 405 g/mol. The summed E-state index contributed by atoms with van der Waals surface area (Å²) in [5, 5.41) is 0.927. The lowest BCUT2D eigenvalue weighted by Crippen LogP contribution is -2.31. The van der Waals surface area contributed by atoms with Crippen LogP contribution >= 0.6 is 23.2 Å². The van der Waals surface area contributed by atoms with Crippen molar-refractivity contribution in [1.82, 2.24) is 0 Å². The zero-order valence-electron chi connectivity index (χ0n) is 14.9.